The maximum Gasteiger partial charge on any atom is 0.231 e. The van der Waals surface area contributed by atoms with Crippen LogP contribution in [0.25, 0.3) is 5.70 Å². The molecule has 25 heavy (non-hydrogen) atoms. The van der Waals surface area contributed by atoms with E-state index in [0.717, 1.165) is 29.3 Å². The predicted molar refractivity (Wildman–Crippen MR) is 93.0 cm³/mol. The lowest BCUT2D eigenvalue weighted by Crippen LogP contribution is -2.23. The lowest BCUT2D eigenvalue weighted by atomic mass is 9.88. The molecule has 1 aromatic rings. The van der Waals surface area contributed by atoms with E-state index in [1.165, 1.54) is 28.0 Å². The number of hydrogen-bond acceptors (Lipinski definition) is 5. The first-order valence-corrected chi connectivity index (χ1v) is 8.31. The average molecular weight is 337 g/mol. The molecular weight excluding hydrogens is 318 g/mol. The first kappa shape index (κ1) is 14.7. The van der Waals surface area contributed by atoms with Crippen LogP contribution < -0.4 is 9.47 Å². The minimum absolute atomic E-state index is 0.158. The molecule has 0 bridgehead atoms. The zero-order valence-corrected chi connectivity index (χ0v) is 14.5. The molecule has 5 heteroatoms. The Bertz CT molecular complexity index is 907. The summed E-state index contributed by atoms with van der Waals surface area (Å²) in [7, 11) is 5.47. The van der Waals surface area contributed by atoms with Crippen LogP contribution in [0.4, 0.5) is 0 Å². The molecule has 0 fully saturated rings. The number of methoxy groups -OCH3 is 2. The van der Waals surface area contributed by atoms with Crippen LogP contribution in [0.2, 0.25) is 0 Å². The molecule has 1 atom stereocenters. The van der Waals surface area contributed by atoms with E-state index in [9.17, 15) is 0 Å². The second kappa shape index (κ2) is 5.17. The van der Waals surface area contributed by atoms with Crippen LogP contribution in [-0.4, -0.2) is 39.1 Å². The number of benzene rings is 1. The van der Waals surface area contributed by atoms with Gasteiger partial charge < -0.3 is 23.8 Å². The van der Waals surface area contributed by atoms with Gasteiger partial charge in [0.05, 0.1) is 12.8 Å². The van der Waals surface area contributed by atoms with Crippen LogP contribution in [0.15, 0.2) is 53.0 Å². The molecule has 0 saturated heterocycles. The molecular formula is C20H19NO4. The fourth-order valence-electron chi connectivity index (χ4n) is 4.07. The van der Waals surface area contributed by atoms with E-state index in [4.69, 9.17) is 18.9 Å². The highest BCUT2D eigenvalue weighted by Crippen LogP contribution is 2.48. The Hall–Kier alpha value is -2.66. The molecule has 1 unspecified atom stereocenters. The summed E-state index contributed by atoms with van der Waals surface area (Å²) >= 11 is 0. The van der Waals surface area contributed by atoms with E-state index < -0.39 is 0 Å². The predicted octanol–water partition coefficient (Wildman–Crippen LogP) is 3.00. The molecule has 0 saturated carbocycles. The third-order valence-corrected chi connectivity index (χ3v) is 5.21. The van der Waals surface area contributed by atoms with Crippen molar-refractivity contribution in [2.24, 2.45) is 0 Å². The molecule has 2 heterocycles. The Morgan fingerprint density at radius 3 is 2.72 bits per heavy atom. The Morgan fingerprint density at radius 1 is 1.16 bits per heavy atom. The van der Waals surface area contributed by atoms with Crippen molar-refractivity contribution in [1.82, 2.24) is 4.90 Å². The van der Waals surface area contributed by atoms with Gasteiger partial charge in [-0.05, 0) is 41.0 Å². The van der Waals surface area contributed by atoms with Gasteiger partial charge >= 0.3 is 0 Å². The summed E-state index contributed by atoms with van der Waals surface area (Å²) in [6, 6.07) is 4.21. The van der Waals surface area contributed by atoms with Gasteiger partial charge in [0.1, 0.15) is 11.9 Å². The van der Waals surface area contributed by atoms with E-state index in [0.29, 0.717) is 6.79 Å². The van der Waals surface area contributed by atoms with Gasteiger partial charge in [0.25, 0.3) is 0 Å². The zero-order chi connectivity index (χ0) is 17.1. The minimum Gasteiger partial charge on any atom is -0.498 e. The fraction of sp³-hybridized carbons (Fsp3) is 0.300. The number of hydrogen-bond donors (Lipinski definition) is 0. The van der Waals surface area contributed by atoms with Crippen molar-refractivity contribution >= 4 is 5.70 Å². The van der Waals surface area contributed by atoms with Crippen LogP contribution in [-0.2, 0) is 15.9 Å². The normalized spacial score (nSPS) is 22.8. The van der Waals surface area contributed by atoms with Gasteiger partial charge in [-0.1, -0.05) is 0 Å². The Labute approximate surface area is 146 Å². The Morgan fingerprint density at radius 2 is 1.96 bits per heavy atom. The topological polar surface area (TPSA) is 40.2 Å². The second-order valence-electron chi connectivity index (χ2n) is 6.55. The van der Waals surface area contributed by atoms with E-state index in [1.807, 2.05) is 0 Å². The lowest BCUT2D eigenvalue weighted by Gasteiger charge is -2.31. The number of nitrogens with zero attached hydrogens (tertiary/aromatic N) is 1. The van der Waals surface area contributed by atoms with Crippen LogP contribution >= 0.6 is 0 Å². The molecule has 5 nitrogen and oxygen atoms in total. The largest absolute Gasteiger partial charge is 0.498 e. The van der Waals surface area contributed by atoms with Gasteiger partial charge in [0.2, 0.25) is 6.79 Å². The molecule has 1 aromatic carbocycles. The van der Waals surface area contributed by atoms with E-state index in [2.05, 4.69) is 42.4 Å². The lowest BCUT2D eigenvalue weighted by molar-refractivity contribution is 0.108. The summed E-state index contributed by atoms with van der Waals surface area (Å²) in [5, 5.41) is 0. The fourth-order valence-corrected chi connectivity index (χ4v) is 4.07. The smallest absolute Gasteiger partial charge is 0.231 e. The van der Waals surface area contributed by atoms with Crippen molar-refractivity contribution in [2.45, 2.75) is 12.5 Å². The summed E-state index contributed by atoms with van der Waals surface area (Å²) in [4.78, 5) is 2.19. The van der Waals surface area contributed by atoms with Crippen LogP contribution in [0, 0.1) is 0 Å². The number of rotatable bonds is 2. The van der Waals surface area contributed by atoms with Crippen molar-refractivity contribution in [3.63, 3.8) is 0 Å². The van der Waals surface area contributed by atoms with Crippen molar-refractivity contribution in [2.75, 3.05) is 28.1 Å². The van der Waals surface area contributed by atoms with Crippen molar-refractivity contribution in [1.29, 1.82) is 0 Å². The van der Waals surface area contributed by atoms with Crippen molar-refractivity contribution in [3.05, 3.63) is 64.1 Å². The third-order valence-electron chi connectivity index (χ3n) is 5.21. The first-order valence-electron chi connectivity index (χ1n) is 8.31. The highest BCUT2D eigenvalue weighted by Gasteiger charge is 2.35. The summed E-state index contributed by atoms with van der Waals surface area (Å²) in [6.07, 6.45) is 7.09. The maximum atomic E-state index is 5.59. The van der Waals surface area contributed by atoms with Crippen LogP contribution in [0.5, 0.6) is 11.5 Å². The van der Waals surface area contributed by atoms with Crippen molar-refractivity contribution in [3.8, 4) is 11.5 Å². The molecule has 5 rings (SSSR count). The van der Waals surface area contributed by atoms with Crippen LogP contribution in [0.3, 0.4) is 0 Å². The van der Waals surface area contributed by atoms with Gasteiger partial charge in [0, 0.05) is 37.9 Å². The van der Waals surface area contributed by atoms with Gasteiger partial charge in [-0.25, -0.2) is 0 Å². The van der Waals surface area contributed by atoms with E-state index in [-0.39, 0.29) is 6.10 Å². The highest BCUT2D eigenvalue weighted by atomic mass is 16.7. The minimum atomic E-state index is -0.158. The highest BCUT2D eigenvalue weighted by molar-refractivity contribution is 5.85. The average Bonchev–Trinajstić information content (AvgIpc) is 3.22. The number of allylic oxidation sites excluding steroid dienone is 4. The number of ether oxygens (including phenoxy) is 4. The molecule has 4 aliphatic rings. The summed E-state index contributed by atoms with van der Waals surface area (Å²) in [5.74, 6) is 2.49. The summed E-state index contributed by atoms with van der Waals surface area (Å²) in [5.41, 5.74) is 7.40. The molecule has 0 N–H and O–H groups in total. The molecule has 0 aromatic heterocycles. The summed E-state index contributed by atoms with van der Waals surface area (Å²) < 4.78 is 22.2. The summed E-state index contributed by atoms with van der Waals surface area (Å²) in [6.45, 7) is 0.301. The van der Waals surface area contributed by atoms with Gasteiger partial charge in [-0.15, -0.1) is 0 Å². The molecule has 0 radical (unpaired) electrons. The number of fused-ring (bicyclic) bond motifs is 5. The van der Waals surface area contributed by atoms with Crippen molar-refractivity contribution < 1.29 is 18.9 Å². The standard InChI is InChI=1S/C20H19NO4/c1-21-9-12-6-16(22-2)17(23-3)7-13(12)15-4-11-5-18-19(25-10-24-18)8-14(11)20(15)21/h5-9,17H,4,10H2,1-3H3. The zero-order valence-electron chi connectivity index (χ0n) is 14.5. The van der Waals surface area contributed by atoms with E-state index >= 15 is 0 Å². The Balaban J connectivity index is 1.63. The first-order chi connectivity index (χ1) is 12.2. The van der Waals surface area contributed by atoms with Gasteiger partial charge in [-0.3, -0.25) is 0 Å². The van der Waals surface area contributed by atoms with Gasteiger partial charge in [0.15, 0.2) is 11.5 Å². The monoisotopic (exact) mass is 337 g/mol. The maximum absolute atomic E-state index is 5.59. The third kappa shape index (κ3) is 1.99. The quantitative estimate of drug-likeness (QED) is 0.830. The molecule has 0 spiro atoms. The molecule has 2 aliphatic carbocycles. The second-order valence-corrected chi connectivity index (χ2v) is 6.55. The Kier molecular flexibility index (Phi) is 3.03. The van der Waals surface area contributed by atoms with Crippen LogP contribution in [0.1, 0.15) is 11.1 Å². The van der Waals surface area contributed by atoms with E-state index in [1.54, 1.807) is 14.2 Å². The molecule has 0 amide bonds. The molecule has 2 aliphatic heterocycles. The molecule has 128 valence electrons. The van der Waals surface area contributed by atoms with Gasteiger partial charge in [-0.2, -0.15) is 0 Å². The SMILES string of the molecule is COC1=CC2=CN(C)C3=C(Cc4cc5c(cc43)OCO5)C2=CC1OC.